The molecule has 0 spiro atoms. The van der Waals surface area contributed by atoms with Gasteiger partial charge in [0.05, 0.1) is 198 Å². The highest BCUT2D eigenvalue weighted by molar-refractivity contribution is 5.79. The van der Waals surface area contributed by atoms with Gasteiger partial charge in [-0.3, -0.25) is 47.9 Å². The normalized spacial score (nSPS) is 12.4. The summed E-state index contributed by atoms with van der Waals surface area (Å²) in [7, 11) is 4.95. The molecule has 0 bridgehead atoms. The van der Waals surface area contributed by atoms with Crippen molar-refractivity contribution in [2.75, 3.05) is 233 Å². The molecular weight excluding hydrogens is 1940 g/mol. The van der Waals surface area contributed by atoms with Gasteiger partial charge in [-0.1, -0.05) is 89.5 Å². The summed E-state index contributed by atoms with van der Waals surface area (Å²) in [6, 6.07) is 0. The van der Waals surface area contributed by atoms with Crippen molar-refractivity contribution in [2.45, 2.75) is 382 Å². The third-order valence-electron chi connectivity index (χ3n) is 23.8. The average molecular weight is 2160 g/mol. The molecule has 0 aliphatic carbocycles. The largest absolute Gasteiger partial charge is 0.465 e. The standard InChI is InChI=1S/C16H32O5.C15H30O4.C14H28O6.C14H28O4.2C10H20O3.2C9H18O3.C8H16O3.C7H14O3/c1-8-16(5,6)15(17)21-11-14(4)20-10-13(3)19-9-12(2)18-7;1-5-15(2,3)14(16)19-13-9-8-12-18-11-7-6-10-17-4;1-4-14(2,3)13(16)20-12-11-19-10-9-18-8-7-17-6-5-15;1-5-7-8-16-9-10-17-11-12-18-13(15)14(3,4)6-2;1-5-10(3,4)9(11)13-8-7-12-6-2;1-4-10(2,3)9(12)13-8-6-5-7-11;1-5-9(2,3)8(10)12-7-6-11-4;1-5-9(3,4)8(11)12-6-7(2)10;1-4-8(2,3)7(10)11-6-5-9;1-3-6(2)7(9)10-5-4-8/h12-14H,8-11H2,1-7H3;5-13H2,1-4H3;15H,4-12H2,1-3H3;5-12H2,1-4H3;5-8H2,1-4H3;11H,4-8H2,1-3H3;5-7H2,1-4H3;7,10H,5-6H2,1-4H3;9H,4-6H2,1-3H3;6,8H,3-5H2,1-2H3. The summed E-state index contributed by atoms with van der Waals surface area (Å²) in [5, 5.41) is 42.5. The maximum Gasteiger partial charge on any atom is 0.311 e. The Bertz CT molecular complexity index is 3080. The van der Waals surface area contributed by atoms with E-state index in [9.17, 15) is 47.9 Å². The Balaban J connectivity index is -0.000000182. The van der Waals surface area contributed by atoms with Crippen LogP contribution in [0.1, 0.15) is 358 Å². The summed E-state index contributed by atoms with van der Waals surface area (Å²) in [4.78, 5) is 114. The van der Waals surface area contributed by atoms with E-state index in [1.165, 1.54) is 0 Å². The van der Waals surface area contributed by atoms with Crippen molar-refractivity contribution in [2.24, 2.45) is 54.7 Å². The molecule has 149 heavy (non-hydrogen) atoms. The fraction of sp³-hybridized carbons (Fsp3) is 0.911. The van der Waals surface area contributed by atoms with Gasteiger partial charge < -0.3 is 130 Å². The second kappa shape index (κ2) is 104. The van der Waals surface area contributed by atoms with Gasteiger partial charge in [-0.2, -0.15) is 0 Å². The SMILES string of the molecule is CCC(C)(C)C(=O)OCC(C)O.CCC(C)(C)C(=O)OCC(C)OCC(C)OCC(C)OC.CCC(C)(C)C(=O)OCCCCO.CCC(C)(C)C(=O)OCCCCOCCCCOC.CCC(C)(C)C(=O)OCCO.CCC(C)(C)C(=O)OCCOC.CCC(C)(C)C(=O)OCCOCCOCCOCCO.CCC(C)C(=O)OCCO.CCCCOCCOCCOC(=O)C(C)(C)CC.CCOCCOC(=O)C(C)(C)CC. The van der Waals surface area contributed by atoms with Crippen molar-refractivity contribution in [1.82, 2.24) is 0 Å². The topological polar surface area (TPSA) is 475 Å². The molecule has 0 aromatic heterocycles. The van der Waals surface area contributed by atoms with Crippen LogP contribution in [0.15, 0.2) is 0 Å². The number of aliphatic hydroxyl groups is 5. The summed E-state index contributed by atoms with van der Waals surface area (Å²) in [6.45, 7) is 79.1. The molecule has 5 atom stereocenters. The number of carbonyl (C=O) groups excluding carboxylic acids is 10. The van der Waals surface area contributed by atoms with Gasteiger partial charge in [0, 0.05) is 61.0 Å². The number of esters is 10. The van der Waals surface area contributed by atoms with Crippen LogP contribution in [0.2, 0.25) is 0 Å². The van der Waals surface area contributed by atoms with E-state index >= 15 is 0 Å². The molecule has 0 radical (unpaired) electrons. The maximum atomic E-state index is 11.8. The fourth-order valence-electron chi connectivity index (χ4n) is 8.32. The van der Waals surface area contributed by atoms with E-state index in [1.54, 1.807) is 35.2 Å². The summed E-state index contributed by atoms with van der Waals surface area (Å²) in [6.07, 6.45) is 14.6. The zero-order valence-electron chi connectivity index (χ0n) is 101. The number of methoxy groups -OCH3 is 3. The third kappa shape index (κ3) is 103. The molecule has 0 aromatic rings. The van der Waals surface area contributed by atoms with Crippen LogP contribution in [0.3, 0.4) is 0 Å². The monoisotopic (exact) mass is 2160 g/mol. The molecule has 0 saturated heterocycles. The van der Waals surface area contributed by atoms with Gasteiger partial charge in [-0.15, -0.1) is 0 Å². The van der Waals surface area contributed by atoms with Crippen LogP contribution >= 0.6 is 0 Å². The van der Waals surface area contributed by atoms with Crippen molar-refractivity contribution < 1.29 is 178 Å². The minimum Gasteiger partial charge on any atom is -0.465 e. The fourth-order valence-corrected chi connectivity index (χ4v) is 8.32. The molecule has 0 aromatic carbocycles. The van der Waals surface area contributed by atoms with Crippen LogP contribution in [0, 0.1) is 54.7 Å². The molecule has 37 nitrogen and oxygen atoms in total. The molecule has 0 aliphatic heterocycles. The second-order valence-electron chi connectivity index (χ2n) is 41.2. The lowest BCUT2D eigenvalue weighted by Gasteiger charge is -2.23. The van der Waals surface area contributed by atoms with Crippen LogP contribution in [0.4, 0.5) is 0 Å². The first-order chi connectivity index (χ1) is 69.6. The zero-order chi connectivity index (χ0) is 117. The van der Waals surface area contributed by atoms with Crippen molar-refractivity contribution in [1.29, 1.82) is 0 Å². The Morgan fingerprint density at radius 3 is 0.752 bits per heavy atom. The quantitative estimate of drug-likeness (QED) is 0.0214. The second-order valence-corrected chi connectivity index (χ2v) is 41.2. The highest BCUT2D eigenvalue weighted by Crippen LogP contribution is 2.28. The van der Waals surface area contributed by atoms with E-state index in [4.69, 9.17) is 125 Å². The van der Waals surface area contributed by atoms with E-state index in [1.807, 2.05) is 222 Å². The Hall–Kier alpha value is -5.98. The molecule has 0 heterocycles. The van der Waals surface area contributed by atoms with Crippen LogP contribution in [0.5, 0.6) is 0 Å². The Morgan fingerprint density at radius 2 is 0.463 bits per heavy atom. The van der Waals surface area contributed by atoms with Gasteiger partial charge in [0.2, 0.25) is 0 Å². The van der Waals surface area contributed by atoms with Gasteiger partial charge in [0.15, 0.2) is 0 Å². The van der Waals surface area contributed by atoms with Crippen molar-refractivity contribution in [3.05, 3.63) is 0 Å². The van der Waals surface area contributed by atoms with Crippen LogP contribution in [-0.4, -0.2) is 342 Å². The van der Waals surface area contributed by atoms with E-state index in [2.05, 4.69) is 11.7 Å². The highest BCUT2D eigenvalue weighted by Gasteiger charge is 2.34. The first-order valence-corrected chi connectivity index (χ1v) is 54.3. The molecule has 0 rings (SSSR count). The van der Waals surface area contributed by atoms with Gasteiger partial charge in [-0.25, -0.2) is 0 Å². The predicted molar refractivity (Wildman–Crippen MR) is 581 cm³/mol. The predicted octanol–water partition coefficient (Wildman–Crippen LogP) is 18.0. The number of carbonyl (C=O) groups is 10. The molecule has 0 fully saturated rings. The van der Waals surface area contributed by atoms with E-state index in [0.717, 1.165) is 136 Å². The lowest BCUT2D eigenvalue weighted by atomic mass is 9.91. The van der Waals surface area contributed by atoms with Crippen molar-refractivity contribution >= 4 is 59.7 Å². The third-order valence-corrected chi connectivity index (χ3v) is 23.8. The molecule has 894 valence electrons. The number of rotatable bonds is 76. The first-order valence-electron chi connectivity index (χ1n) is 54.3. The smallest absolute Gasteiger partial charge is 0.311 e. The lowest BCUT2D eigenvalue weighted by molar-refractivity contribution is -0.159. The minimum absolute atomic E-state index is 0.0205. The summed E-state index contributed by atoms with van der Waals surface area (Å²) < 4.78 is 113. The van der Waals surface area contributed by atoms with Gasteiger partial charge in [-0.05, 0) is 268 Å². The van der Waals surface area contributed by atoms with Crippen LogP contribution in [-0.2, 0) is 152 Å². The van der Waals surface area contributed by atoms with E-state index < -0.39 is 33.2 Å². The van der Waals surface area contributed by atoms with E-state index in [0.29, 0.717) is 132 Å². The van der Waals surface area contributed by atoms with Crippen LogP contribution in [0.25, 0.3) is 0 Å². The molecule has 5 N–H and O–H groups in total. The summed E-state index contributed by atoms with van der Waals surface area (Å²) in [5.41, 5.74) is -3.60. The highest BCUT2D eigenvalue weighted by atomic mass is 16.6. The number of unbranched alkanes of at least 4 members (excludes halogenated alkanes) is 4. The lowest BCUT2D eigenvalue weighted by Crippen LogP contribution is -2.30. The number of hydrogen-bond acceptors (Lipinski definition) is 37. The number of hydrogen-bond donors (Lipinski definition) is 5. The molecule has 5 unspecified atom stereocenters. The van der Waals surface area contributed by atoms with Crippen molar-refractivity contribution in [3.8, 4) is 0 Å². The van der Waals surface area contributed by atoms with Gasteiger partial charge >= 0.3 is 59.7 Å². The first kappa shape index (κ1) is 163. The zero-order valence-corrected chi connectivity index (χ0v) is 101. The average Bonchev–Trinajstić information content (AvgIpc) is 0.924. The molecule has 37 heteroatoms. The Labute approximate surface area is 902 Å². The molecule has 0 amide bonds. The van der Waals surface area contributed by atoms with Gasteiger partial charge in [0.25, 0.3) is 0 Å². The van der Waals surface area contributed by atoms with Crippen molar-refractivity contribution in [3.63, 3.8) is 0 Å². The summed E-state index contributed by atoms with van der Waals surface area (Å²) >= 11 is 0. The number of aliphatic hydroxyl groups excluding tert-OH is 5. The van der Waals surface area contributed by atoms with Crippen LogP contribution < -0.4 is 0 Å². The Kier molecular flexibility index (Phi) is 113. The molecule has 0 saturated carbocycles. The molecular formula is C112H224O37. The number of ether oxygens (including phenoxy) is 22. The summed E-state index contributed by atoms with van der Waals surface area (Å²) in [5.74, 6) is -1.84. The molecule has 0 aliphatic rings. The van der Waals surface area contributed by atoms with Gasteiger partial charge in [0.1, 0.15) is 52.9 Å². The van der Waals surface area contributed by atoms with E-state index in [-0.39, 0.29) is 165 Å². The minimum atomic E-state index is -0.582. The maximum absolute atomic E-state index is 11.8. The Morgan fingerprint density at radius 1 is 0.228 bits per heavy atom.